The lowest BCUT2D eigenvalue weighted by molar-refractivity contribution is -0.0986. The summed E-state index contributed by atoms with van der Waals surface area (Å²) in [4.78, 5) is 24.6. The molecule has 30 heavy (non-hydrogen) atoms. The van der Waals surface area contributed by atoms with Crippen LogP contribution in [-0.2, 0) is 14.3 Å². The van der Waals surface area contributed by atoms with Crippen LogP contribution in [0.3, 0.4) is 0 Å². The zero-order valence-corrected chi connectivity index (χ0v) is 18.4. The first-order valence-electron chi connectivity index (χ1n) is 11.3. The van der Waals surface area contributed by atoms with Crippen LogP contribution in [0.2, 0.25) is 0 Å². The summed E-state index contributed by atoms with van der Waals surface area (Å²) < 4.78 is 11.0. The number of rotatable bonds is 3. The van der Waals surface area contributed by atoms with Crippen LogP contribution in [0.25, 0.3) is 0 Å². The minimum absolute atomic E-state index is 0.0397. The van der Waals surface area contributed by atoms with Gasteiger partial charge in [0.15, 0.2) is 0 Å². The zero-order valence-electron chi connectivity index (χ0n) is 18.4. The molecule has 3 aliphatic heterocycles. The molecule has 4 heterocycles. The molecule has 7 nitrogen and oxygen atoms in total. The number of nitrogens with zero attached hydrogens (tertiary/aromatic N) is 2. The standard InChI is InChI=1S/C23H35N3O4/c1-23(2,3)29-22(27)26-9-6-16(7-10-26)20-4-5-21(30-25-20)19-12-18(13-24-14-19)17-8-11-28-15-17/h12-14,16-17,20-21,25H,4-11,15H2,1-3H3. The molecule has 3 atom stereocenters. The van der Waals surface area contributed by atoms with Crippen molar-refractivity contribution >= 4 is 6.09 Å². The van der Waals surface area contributed by atoms with E-state index in [1.807, 2.05) is 38.1 Å². The molecule has 166 valence electrons. The molecule has 3 unspecified atom stereocenters. The number of piperidine rings is 1. The Hall–Kier alpha value is -1.70. The maximum atomic E-state index is 12.3. The normalized spacial score (nSPS) is 28.5. The monoisotopic (exact) mass is 417 g/mol. The van der Waals surface area contributed by atoms with Gasteiger partial charge in [0.2, 0.25) is 0 Å². The van der Waals surface area contributed by atoms with Crippen molar-refractivity contribution in [2.75, 3.05) is 26.3 Å². The molecule has 3 aliphatic rings. The summed E-state index contributed by atoms with van der Waals surface area (Å²) in [7, 11) is 0. The van der Waals surface area contributed by atoms with Crippen LogP contribution in [0.5, 0.6) is 0 Å². The molecule has 0 radical (unpaired) electrons. The minimum atomic E-state index is -0.446. The van der Waals surface area contributed by atoms with Gasteiger partial charge in [0.1, 0.15) is 11.7 Å². The van der Waals surface area contributed by atoms with E-state index in [1.165, 1.54) is 5.56 Å². The van der Waals surface area contributed by atoms with Crippen molar-refractivity contribution < 1.29 is 19.1 Å². The summed E-state index contributed by atoms with van der Waals surface area (Å²) >= 11 is 0. The zero-order chi connectivity index (χ0) is 21.1. The molecule has 3 saturated heterocycles. The van der Waals surface area contributed by atoms with Gasteiger partial charge in [0.25, 0.3) is 0 Å². The summed E-state index contributed by atoms with van der Waals surface area (Å²) in [5.74, 6) is 0.974. The fraction of sp³-hybridized carbons (Fsp3) is 0.739. The number of aromatic nitrogens is 1. The number of carbonyl (C=O) groups excluding carboxylic acids is 1. The van der Waals surface area contributed by atoms with Crippen molar-refractivity contribution in [3.8, 4) is 0 Å². The van der Waals surface area contributed by atoms with Crippen LogP contribution in [-0.4, -0.2) is 53.9 Å². The highest BCUT2D eigenvalue weighted by Gasteiger charge is 2.34. The maximum absolute atomic E-state index is 12.3. The Kier molecular flexibility index (Phi) is 6.60. The number of likely N-dealkylation sites (tertiary alicyclic amines) is 1. The van der Waals surface area contributed by atoms with Crippen LogP contribution in [0.15, 0.2) is 18.5 Å². The summed E-state index contributed by atoms with van der Waals surface area (Å²) in [6.45, 7) is 8.84. The first-order valence-corrected chi connectivity index (χ1v) is 11.3. The van der Waals surface area contributed by atoms with Crippen molar-refractivity contribution in [3.63, 3.8) is 0 Å². The van der Waals surface area contributed by atoms with E-state index in [0.717, 1.165) is 64.0 Å². The Labute approximate surface area is 179 Å². The van der Waals surface area contributed by atoms with Gasteiger partial charge in [0, 0.05) is 49.6 Å². The van der Waals surface area contributed by atoms with E-state index >= 15 is 0 Å². The Balaban J connectivity index is 1.25. The number of hydrogen-bond donors (Lipinski definition) is 1. The molecule has 3 fully saturated rings. The number of pyridine rings is 1. The topological polar surface area (TPSA) is 72.9 Å². The highest BCUT2D eigenvalue weighted by Crippen LogP contribution is 2.34. The second kappa shape index (κ2) is 9.20. The van der Waals surface area contributed by atoms with Gasteiger partial charge in [-0.25, -0.2) is 4.79 Å². The molecular formula is C23H35N3O4. The summed E-state index contributed by atoms with van der Waals surface area (Å²) in [5, 5.41) is 0. The highest BCUT2D eigenvalue weighted by atomic mass is 16.7. The summed E-state index contributed by atoms with van der Waals surface area (Å²) in [5.41, 5.74) is 5.27. The van der Waals surface area contributed by atoms with E-state index in [2.05, 4.69) is 16.5 Å². The Morgan fingerprint density at radius 2 is 1.90 bits per heavy atom. The maximum Gasteiger partial charge on any atom is 0.410 e. The molecule has 0 bridgehead atoms. The molecule has 0 aromatic carbocycles. The molecular weight excluding hydrogens is 382 g/mol. The fourth-order valence-corrected chi connectivity index (χ4v) is 4.67. The number of carbonyl (C=O) groups is 1. The fourth-order valence-electron chi connectivity index (χ4n) is 4.67. The first kappa shape index (κ1) is 21.5. The predicted molar refractivity (Wildman–Crippen MR) is 113 cm³/mol. The Morgan fingerprint density at radius 3 is 2.53 bits per heavy atom. The van der Waals surface area contributed by atoms with Gasteiger partial charge < -0.3 is 14.4 Å². The third kappa shape index (κ3) is 5.31. The van der Waals surface area contributed by atoms with Gasteiger partial charge in [-0.05, 0) is 70.4 Å². The van der Waals surface area contributed by atoms with Gasteiger partial charge in [-0.1, -0.05) is 0 Å². The van der Waals surface area contributed by atoms with E-state index < -0.39 is 5.60 Å². The Bertz CT molecular complexity index is 713. The van der Waals surface area contributed by atoms with E-state index in [9.17, 15) is 4.79 Å². The number of nitrogens with one attached hydrogen (secondary N) is 1. The van der Waals surface area contributed by atoms with Crippen LogP contribution < -0.4 is 5.48 Å². The highest BCUT2D eigenvalue weighted by molar-refractivity contribution is 5.68. The lowest BCUT2D eigenvalue weighted by Gasteiger charge is -2.39. The minimum Gasteiger partial charge on any atom is -0.444 e. The largest absolute Gasteiger partial charge is 0.444 e. The van der Waals surface area contributed by atoms with Crippen LogP contribution in [0.4, 0.5) is 4.79 Å². The average molecular weight is 418 g/mol. The van der Waals surface area contributed by atoms with Gasteiger partial charge in [-0.3, -0.25) is 9.82 Å². The third-order valence-corrected chi connectivity index (χ3v) is 6.42. The van der Waals surface area contributed by atoms with Gasteiger partial charge >= 0.3 is 6.09 Å². The molecule has 4 rings (SSSR count). The molecule has 1 N–H and O–H groups in total. The summed E-state index contributed by atoms with van der Waals surface area (Å²) in [6, 6.07) is 2.57. The number of ether oxygens (including phenoxy) is 2. The summed E-state index contributed by atoms with van der Waals surface area (Å²) in [6.07, 6.45) is 8.79. The Morgan fingerprint density at radius 1 is 1.13 bits per heavy atom. The molecule has 0 saturated carbocycles. The van der Waals surface area contributed by atoms with Gasteiger partial charge in [-0.15, -0.1) is 0 Å². The average Bonchev–Trinajstić information content (AvgIpc) is 3.28. The van der Waals surface area contributed by atoms with Gasteiger partial charge in [0.05, 0.1) is 6.61 Å². The van der Waals surface area contributed by atoms with E-state index in [4.69, 9.17) is 14.3 Å². The number of hydroxylamine groups is 1. The quantitative estimate of drug-likeness (QED) is 0.803. The van der Waals surface area contributed by atoms with Crippen LogP contribution in [0, 0.1) is 5.92 Å². The van der Waals surface area contributed by atoms with E-state index in [0.29, 0.717) is 17.9 Å². The molecule has 0 aliphatic carbocycles. The molecule has 0 spiro atoms. The predicted octanol–water partition coefficient (Wildman–Crippen LogP) is 3.96. The van der Waals surface area contributed by atoms with Crippen molar-refractivity contribution in [1.29, 1.82) is 0 Å². The molecule has 7 heteroatoms. The number of hydrogen-bond acceptors (Lipinski definition) is 6. The van der Waals surface area contributed by atoms with Crippen molar-refractivity contribution in [3.05, 3.63) is 29.6 Å². The van der Waals surface area contributed by atoms with Crippen molar-refractivity contribution in [1.82, 2.24) is 15.4 Å². The van der Waals surface area contributed by atoms with Crippen molar-refractivity contribution in [2.24, 2.45) is 5.92 Å². The smallest absolute Gasteiger partial charge is 0.410 e. The molecule has 1 aromatic heterocycles. The van der Waals surface area contributed by atoms with Crippen LogP contribution in [0.1, 0.15) is 76.0 Å². The molecule has 1 amide bonds. The number of amides is 1. The van der Waals surface area contributed by atoms with E-state index in [-0.39, 0.29) is 12.2 Å². The van der Waals surface area contributed by atoms with E-state index in [1.54, 1.807) is 0 Å². The third-order valence-electron chi connectivity index (χ3n) is 6.42. The second-order valence-corrected chi connectivity index (χ2v) is 9.83. The first-order chi connectivity index (χ1) is 14.4. The SMILES string of the molecule is CC(C)(C)OC(=O)N1CCC(C2CCC(c3cncc(C4CCOC4)c3)ON2)CC1. The molecule has 1 aromatic rings. The lowest BCUT2D eigenvalue weighted by atomic mass is 9.85. The van der Waals surface area contributed by atoms with Gasteiger partial charge in [-0.2, -0.15) is 5.48 Å². The second-order valence-electron chi connectivity index (χ2n) is 9.83. The van der Waals surface area contributed by atoms with Crippen molar-refractivity contribution in [2.45, 2.75) is 76.5 Å². The van der Waals surface area contributed by atoms with Crippen LogP contribution >= 0.6 is 0 Å². The lowest BCUT2D eigenvalue weighted by Crippen LogP contribution is -2.48.